The van der Waals surface area contributed by atoms with Gasteiger partial charge in [0.1, 0.15) is 11.9 Å². The third-order valence-electron chi connectivity index (χ3n) is 4.21. The van der Waals surface area contributed by atoms with Gasteiger partial charge in [-0.05, 0) is 31.5 Å². The molecule has 1 atom stereocenters. The molecule has 0 aliphatic carbocycles. The summed E-state index contributed by atoms with van der Waals surface area (Å²) in [6.07, 6.45) is 2.01. The van der Waals surface area contributed by atoms with Crippen LogP contribution < -0.4 is 10.9 Å². The summed E-state index contributed by atoms with van der Waals surface area (Å²) in [4.78, 5) is 29.9. The second kappa shape index (κ2) is 8.40. The lowest BCUT2D eigenvalue weighted by Crippen LogP contribution is -2.31. The van der Waals surface area contributed by atoms with Crippen molar-refractivity contribution >= 4 is 16.9 Å². The number of nitrogens with one attached hydrogen (secondary N) is 2. The summed E-state index contributed by atoms with van der Waals surface area (Å²) < 4.78 is 4.53. The Bertz CT molecular complexity index is 932. The minimum Gasteiger partial charge on any atom is -0.468 e. The maximum absolute atomic E-state index is 11.9. The topological polar surface area (TPSA) is 84.1 Å². The van der Waals surface area contributed by atoms with Gasteiger partial charge >= 0.3 is 5.97 Å². The van der Waals surface area contributed by atoms with Crippen LogP contribution in [0.1, 0.15) is 12.8 Å². The van der Waals surface area contributed by atoms with Crippen molar-refractivity contribution < 1.29 is 9.53 Å². The van der Waals surface area contributed by atoms with E-state index in [0.717, 1.165) is 30.5 Å². The summed E-state index contributed by atoms with van der Waals surface area (Å²) in [6.45, 7) is 0.944. The molecule has 1 unspecified atom stereocenters. The first-order valence-electron chi connectivity index (χ1n) is 8.55. The maximum atomic E-state index is 11.9. The molecule has 2 N–H and O–H groups in total. The fourth-order valence-electron chi connectivity index (χ4n) is 2.85. The molecule has 2 heterocycles. The van der Waals surface area contributed by atoms with Gasteiger partial charge in [0.25, 0.3) is 5.56 Å². The molecule has 4 rings (SSSR count). The summed E-state index contributed by atoms with van der Waals surface area (Å²) in [5.41, 5.74) is 1.53. The highest BCUT2D eigenvalue weighted by molar-refractivity contribution is 5.79. The van der Waals surface area contributed by atoms with Gasteiger partial charge in [0.15, 0.2) is 0 Å². The largest absolute Gasteiger partial charge is 0.468 e. The van der Waals surface area contributed by atoms with Gasteiger partial charge in [-0.2, -0.15) is 0 Å². The molecule has 2 aromatic carbocycles. The van der Waals surface area contributed by atoms with E-state index in [1.165, 1.54) is 7.11 Å². The van der Waals surface area contributed by atoms with E-state index in [1.54, 1.807) is 6.07 Å². The minimum absolute atomic E-state index is 0.0324. The van der Waals surface area contributed by atoms with Crippen LogP contribution in [0.2, 0.25) is 0 Å². The highest BCUT2D eigenvalue weighted by Gasteiger charge is 2.21. The number of aromatic amines is 1. The third kappa shape index (κ3) is 4.15. The molecule has 134 valence electrons. The summed E-state index contributed by atoms with van der Waals surface area (Å²) in [5.74, 6) is 0.474. The van der Waals surface area contributed by atoms with Gasteiger partial charge in [-0.3, -0.25) is 9.59 Å². The average Bonchev–Trinajstić information content (AvgIpc) is 3.23. The van der Waals surface area contributed by atoms with E-state index in [2.05, 4.69) is 20.0 Å². The number of ether oxygens (including phenoxy) is 1. The first-order valence-corrected chi connectivity index (χ1v) is 8.55. The predicted octanol–water partition coefficient (Wildman–Crippen LogP) is 2.50. The SMILES string of the molecule is COC(=O)C1CCCN1.O=c1[nH]c(-c2ccccc2)nc2ccccc12. The summed E-state index contributed by atoms with van der Waals surface area (Å²) in [6, 6.07) is 16.9. The average molecular weight is 351 g/mol. The van der Waals surface area contributed by atoms with E-state index in [9.17, 15) is 9.59 Å². The quantitative estimate of drug-likeness (QED) is 0.693. The molecule has 0 amide bonds. The molecule has 1 saturated heterocycles. The number of hydrogen-bond donors (Lipinski definition) is 2. The van der Waals surface area contributed by atoms with Crippen molar-refractivity contribution in [3.05, 3.63) is 65.0 Å². The van der Waals surface area contributed by atoms with Crippen molar-refractivity contribution in [3.63, 3.8) is 0 Å². The Morgan fingerprint density at radius 1 is 1.12 bits per heavy atom. The van der Waals surface area contributed by atoms with Gasteiger partial charge in [0.05, 0.1) is 18.0 Å². The minimum atomic E-state index is -0.132. The number of aromatic nitrogens is 2. The Morgan fingerprint density at radius 2 is 1.85 bits per heavy atom. The van der Waals surface area contributed by atoms with Crippen LogP contribution in [0.15, 0.2) is 59.4 Å². The van der Waals surface area contributed by atoms with Gasteiger partial charge in [-0.15, -0.1) is 0 Å². The second-order valence-corrected chi connectivity index (χ2v) is 5.97. The number of methoxy groups -OCH3 is 1. The van der Waals surface area contributed by atoms with E-state index >= 15 is 0 Å². The van der Waals surface area contributed by atoms with Gasteiger partial charge in [-0.25, -0.2) is 4.98 Å². The van der Waals surface area contributed by atoms with E-state index in [-0.39, 0.29) is 17.6 Å². The first kappa shape index (κ1) is 17.8. The maximum Gasteiger partial charge on any atom is 0.322 e. The van der Waals surface area contributed by atoms with Gasteiger partial charge in [0.2, 0.25) is 0 Å². The highest BCUT2D eigenvalue weighted by atomic mass is 16.5. The van der Waals surface area contributed by atoms with Crippen LogP contribution in [-0.4, -0.2) is 35.6 Å². The molecule has 26 heavy (non-hydrogen) atoms. The van der Waals surface area contributed by atoms with Crippen molar-refractivity contribution in [2.24, 2.45) is 0 Å². The molecule has 1 aromatic heterocycles. The second-order valence-electron chi connectivity index (χ2n) is 5.97. The molecule has 6 nitrogen and oxygen atoms in total. The van der Waals surface area contributed by atoms with E-state index in [4.69, 9.17) is 0 Å². The molecule has 1 aliphatic heterocycles. The lowest BCUT2D eigenvalue weighted by molar-refractivity contribution is -0.142. The number of esters is 1. The number of carbonyl (C=O) groups is 1. The van der Waals surface area contributed by atoms with Crippen molar-refractivity contribution in [3.8, 4) is 11.4 Å². The van der Waals surface area contributed by atoms with E-state index in [1.807, 2.05) is 48.5 Å². The number of fused-ring (bicyclic) bond motifs is 1. The molecular formula is C20H21N3O3. The number of para-hydroxylation sites is 1. The molecular weight excluding hydrogens is 330 g/mol. The molecule has 0 saturated carbocycles. The van der Waals surface area contributed by atoms with Gasteiger partial charge < -0.3 is 15.0 Å². The monoisotopic (exact) mass is 351 g/mol. The van der Waals surface area contributed by atoms with Crippen LogP contribution in [0.5, 0.6) is 0 Å². The number of rotatable bonds is 2. The lowest BCUT2D eigenvalue weighted by Gasteiger charge is -2.04. The number of carbonyl (C=O) groups excluding carboxylic acids is 1. The molecule has 0 spiro atoms. The Kier molecular flexibility index (Phi) is 5.76. The number of nitrogens with zero attached hydrogens (tertiary/aromatic N) is 1. The zero-order chi connectivity index (χ0) is 18.4. The zero-order valence-corrected chi connectivity index (χ0v) is 14.6. The van der Waals surface area contributed by atoms with E-state index < -0.39 is 0 Å². The Balaban J connectivity index is 0.000000185. The fraction of sp³-hybridized carbons (Fsp3) is 0.250. The predicted molar refractivity (Wildman–Crippen MR) is 101 cm³/mol. The fourth-order valence-corrected chi connectivity index (χ4v) is 2.85. The van der Waals surface area contributed by atoms with Gasteiger partial charge in [-0.1, -0.05) is 42.5 Å². The normalized spacial score (nSPS) is 16.0. The van der Waals surface area contributed by atoms with Crippen LogP contribution >= 0.6 is 0 Å². The van der Waals surface area contributed by atoms with E-state index in [0.29, 0.717) is 11.2 Å². The number of hydrogen-bond acceptors (Lipinski definition) is 5. The molecule has 1 aliphatic rings. The van der Waals surface area contributed by atoms with Crippen molar-refractivity contribution in [2.75, 3.05) is 13.7 Å². The lowest BCUT2D eigenvalue weighted by atomic mass is 10.2. The third-order valence-corrected chi connectivity index (χ3v) is 4.21. The summed E-state index contributed by atoms with van der Waals surface area (Å²) in [7, 11) is 1.42. The summed E-state index contributed by atoms with van der Waals surface area (Å²) in [5, 5.41) is 3.65. The van der Waals surface area contributed by atoms with Crippen LogP contribution in [0.25, 0.3) is 22.3 Å². The molecule has 3 aromatic rings. The Labute approximate surface area is 151 Å². The zero-order valence-electron chi connectivity index (χ0n) is 14.6. The molecule has 1 fully saturated rings. The Morgan fingerprint density at radius 3 is 2.54 bits per heavy atom. The van der Waals surface area contributed by atoms with Crippen LogP contribution in [0.3, 0.4) is 0 Å². The van der Waals surface area contributed by atoms with Crippen molar-refractivity contribution in [1.29, 1.82) is 0 Å². The van der Waals surface area contributed by atoms with Crippen LogP contribution in [-0.2, 0) is 9.53 Å². The number of benzene rings is 2. The molecule has 0 radical (unpaired) electrons. The smallest absolute Gasteiger partial charge is 0.322 e. The Hall–Kier alpha value is -2.99. The standard InChI is InChI=1S/C14H10N2O.C6H11NO2/c17-14-11-8-4-5-9-12(11)15-13(16-14)10-6-2-1-3-7-10;1-9-6(8)5-3-2-4-7-5/h1-9H,(H,15,16,17);5,7H,2-4H2,1H3. The van der Waals surface area contributed by atoms with Crippen LogP contribution in [0, 0.1) is 0 Å². The summed E-state index contributed by atoms with van der Waals surface area (Å²) >= 11 is 0. The van der Waals surface area contributed by atoms with Crippen molar-refractivity contribution in [1.82, 2.24) is 15.3 Å². The van der Waals surface area contributed by atoms with Crippen molar-refractivity contribution in [2.45, 2.75) is 18.9 Å². The molecule has 6 heteroatoms. The first-order chi connectivity index (χ1) is 12.7. The van der Waals surface area contributed by atoms with Crippen LogP contribution in [0.4, 0.5) is 0 Å². The number of H-pyrrole nitrogens is 1. The molecule has 0 bridgehead atoms. The van der Waals surface area contributed by atoms with Gasteiger partial charge in [0, 0.05) is 5.56 Å². The highest BCUT2D eigenvalue weighted by Crippen LogP contribution is 2.15.